The maximum absolute atomic E-state index is 5.56. The molecule has 2 N–H and O–H groups in total. The summed E-state index contributed by atoms with van der Waals surface area (Å²) in [5, 5.41) is 7.92. The molecular weight excluding hydrogens is 340 g/mol. The van der Waals surface area contributed by atoms with Crippen molar-refractivity contribution in [2.45, 2.75) is 44.7 Å². The fraction of sp³-hybridized carbons (Fsp3) is 0.667. The van der Waals surface area contributed by atoms with Gasteiger partial charge in [-0.05, 0) is 62.4 Å². The quantitative estimate of drug-likeness (QED) is 0.776. The molecular formula is C21H32N4S. The van der Waals surface area contributed by atoms with Gasteiger partial charge in [0.05, 0.1) is 0 Å². The highest BCUT2D eigenvalue weighted by molar-refractivity contribution is 7.80. The van der Waals surface area contributed by atoms with E-state index in [0.29, 0.717) is 12.1 Å². The number of fused-ring (bicyclic) bond motifs is 2. The molecule has 4 nitrogen and oxygen atoms in total. The lowest BCUT2D eigenvalue weighted by molar-refractivity contribution is 0.197. The zero-order valence-electron chi connectivity index (χ0n) is 15.9. The monoisotopic (exact) mass is 372 g/mol. The SMILES string of the molecule is CC(CNC(=S)NC1CC2CCC1C2)N1CCN(c2ccccc2)CC1. The molecule has 4 atom stereocenters. The van der Waals surface area contributed by atoms with Crippen LogP contribution >= 0.6 is 12.2 Å². The van der Waals surface area contributed by atoms with Crippen LogP contribution in [0.5, 0.6) is 0 Å². The topological polar surface area (TPSA) is 30.5 Å². The molecule has 3 fully saturated rings. The Labute approximate surface area is 163 Å². The largest absolute Gasteiger partial charge is 0.369 e. The minimum absolute atomic E-state index is 0.507. The first-order valence-electron chi connectivity index (χ1n) is 10.3. The third-order valence-corrected chi connectivity index (χ3v) is 6.93. The van der Waals surface area contributed by atoms with Gasteiger partial charge in [-0.2, -0.15) is 0 Å². The van der Waals surface area contributed by atoms with Crippen molar-refractivity contribution in [1.29, 1.82) is 0 Å². The van der Waals surface area contributed by atoms with Crippen LogP contribution in [0.4, 0.5) is 5.69 Å². The maximum Gasteiger partial charge on any atom is 0.166 e. The summed E-state index contributed by atoms with van der Waals surface area (Å²) in [6.45, 7) is 7.67. The average molecular weight is 373 g/mol. The fourth-order valence-corrected chi connectivity index (χ4v) is 5.30. The van der Waals surface area contributed by atoms with E-state index in [1.807, 2.05) is 0 Å². The summed E-state index contributed by atoms with van der Waals surface area (Å²) in [6, 6.07) is 11.9. The summed E-state index contributed by atoms with van der Waals surface area (Å²) in [5.74, 6) is 1.82. The number of piperazine rings is 1. The van der Waals surface area contributed by atoms with Crippen molar-refractivity contribution in [2.24, 2.45) is 11.8 Å². The number of anilines is 1. The van der Waals surface area contributed by atoms with Gasteiger partial charge in [0.1, 0.15) is 0 Å². The number of thiocarbonyl (C=S) groups is 1. The molecule has 2 bridgehead atoms. The Morgan fingerprint density at radius 3 is 2.54 bits per heavy atom. The van der Waals surface area contributed by atoms with E-state index in [1.165, 1.54) is 31.4 Å². The fourth-order valence-electron chi connectivity index (χ4n) is 5.07. The molecule has 1 aliphatic heterocycles. The molecule has 5 heteroatoms. The molecule has 3 aliphatic rings. The highest BCUT2D eigenvalue weighted by atomic mass is 32.1. The smallest absolute Gasteiger partial charge is 0.166 e. The van der Waals surface area contributed by atoms with Gasteiger partial charge < -0.3 is 15.5 Å². The van der Waals surface area contributed by atoms with Crippen LogP contribution in [0, 0.1) is 11.8 Å². The van der Waals surface area contributed by atoms with Crippen LogP contribution in [0.15, 0.2) is 30.3 Å². The summed E-state index contributed by atoms with van der Waals surface area (Å²) in [7, 11) is 0. The van der Waals surface area contributed by atoms with Gasteiger partial charge in [-0.15, -0.1) is 0 Å². The minimum atomic E-state index is 0.507. The molecule has 1 aromatic rings. The minimum Gasteiger partial charge on any atom is -0.369 e. The van der Waals surface area contributed by atoms with E-state index < -0.39 is 0 Å². The molecule has 1 heterocycles. The van der Waals surface area contributed by atoms with Gasteiger partial charge in [-0.3, -0.25) is 4.90 Å². The molecule has 26 heavy (non-hydrogen) atoms. The molecule has 2 aliphatic carbocycles. The van der Waals surface area contributed by atoms with Crippen LogP contribution in [0.25, 0.3) is 0 Å². The van der Waals surface area contributed by atoms with Crippen molar-refractivity contribution >= 4 is 23.0 Å². The molecule has 142 valence electrons. The third kappa shape index (κ3) is 4.15. The number of benzene rings is 1. The van der Waals surface area contributed by atoms with Gasteiger partial charge in [-0.1, -0.05) is 24.6 Å². The summed E-state index contributed by atoms with van der Waals surface area (Å²) < 4.78 is 0. The normalized spacial score (nSPS) is 29.6. The van der Waals surface area contributed by atoms with Crippen LogP contribution in [-0.2, 0) is 0 Å². The highest BCUT2D eigenvalue weighted by Gasteiger charge is 2.39. The zero-order chi connectivity index (χ0) is 17.9. The van der Waals surface area contributed by atoms with Crippen LogP contribution in [0.2, 0.25) is 0 Å². The van der Waals surface area contributed by atoms with E-state index in [-0.39, 0.29) is 0 Å². The lowest BCUT2D eigenvalue weighted by Crippen LogP contribution is -2.53. The van der Waals surface area contributed by atoms with Gasteiger partial charge in [0.2, 0.25) is 0 Å². The van der Waals surface area contributed by atoms with Gasteiger partial charge in [0, 0.05) is 50.5 Å². The molecule has 4 rings (SSSR count). The molecule has 2 saturated carbocycles. The van der Waals surface area contributed by atoms with Crippen LogP contribution in [-0.4, -0.2) is 54.8 Å². The zero-order valence-corrected chi connectivity index (χ0v) is 16.7. The number of hydrogen-bond donors (Lipinski definition) is 2. The second kappa shape index (κ2) is 8.13. The summed E-state index contributed by atoms with van der Waals surface area (Å²) in [6.07, 6.45) is 5.58. The van der Waals surface area contributed by atoms with Crippen LogP contribution in [0.3, 0.4) is 0 Å². The molecule has 0 radical (unpaired) electrons. The summed E-state index contributed by atoms with van der Waals surface area (Å²) >= 11 is 5.56. The second-order valence-corrected chi connectivity index (χ2v) is 8.75. The predicted octanol–water partition coefficient (Wildman–Crippen LogP) is 2.85. The lowest BCUT2D eigenvalue weighted by Gasteiger charge is -2.39. The van der Waals surface area contributed by atoms with Crippen molar-refractivity contribution in [3.63, 3.8) is 0 Å². The van der Waals surface area contributed by atoms with E-state index in [2.05, 4.69) is 57.7 Å². The Hall–Kier alpha value is -1.33. The average Bonchev–Trinajstić information content (AvgIpc) is 3.30. The Morgan fingerprint density at radius 2 is 1.88 bits per heavy atom. The standard InChI is InChI=1S/C21H32N4S/c1-16(15-22-21(26)23-20-14-17-7-8-18(20)13-17)24-9-11-25(12-10-24)19-5-3-2-4-6-19/h2-6,16-18,20H,7-15H2,1H3,(H2,22,23,26). The highest BCUT2D eigenvalue weighted by Crippen LogP contribution is 2.44. The van der Waals surface area contributed by atoms with Crippen molar-refractivity contribution in [3.05, 3.63) is 30.3 Å². The van der Waals surface area contributed by atoms with Crippen molar-refractivity contribution in [3.8, 4) is 0 Å². The first-order valence-corrected chi connectivity index (χ1v) is 10.7. The number of para-hydroxylation sites is 1. The van der Waals surface area contributed by atoms with Crippen molar-refractivity contribution < 1.29 is 0 Å². The molecule has 1 aromatic carbocycles. The molecule has 0 amide bonds. The second-order valence-electron chi connectivity index (χ2n) is 8.34. The van der Waals surface area contributed by atoms with Gasteiger partial charge in [0.15, 0.2) is 5.11 Å². The summed E-state index contributed by atoms with van der Waals surface area (Å²) in [4.78, 5) is 5.06. The van der Waals surface area contributed by atoms with Gasteiger partial charge in [0.25, 0.3) is 0 Å². The van der Waals surface area contributed by atoms with E-state index in [1.54, 1.807) is 0 Å². The summed E-state index contributed by atoms with van der Waals surface area (Å²) in [5.41, 5.74) is 1.34. The number of hydrogen-bond acceptors (Lipinski definition) is 3. The molecule has 0 spiro atoms. The number of nitrogens with zero attached hydrogens (tertiary/aromatic N) is 2. The lowest BCUT2D eigenvalue weighted by atomic mass is 9.96. The van der Waals surface area contributed by atoms with Gasteiger partial charge in [-0.25, -0.2) is 0 Å². The van der Waals surface area contributed by atoms with Crippen LogP contribution in [0.1, 0.15) is 32.6 Å². The Bertz CT molecular complexity index is 599. The Kier molecular flexibility index (Phi) is 5.65. The van der Waals surface area contributed by atoms with Crippen molar-refractivity contribution in [2.75, 3.05) is 37.6 Å². The van der Waals surface area contributed by atoms with E-state index in [9.17, 15) is 0 Å². The molecule has 4 unspecified atom stereocenters. The Morgan fingerprint density at radius 1 is 1.12 bits per heavy atom. The van der Waals surface area contributed by atoms with Crippen LogP contribution < -0.4 is 15.5 Å². The van der Waals surface area contributed by atoms with E-state index >= 15 is 0 Å². The number of rotatable bonds is 5. The van der Waals surface area contributed by atoms with Gasteiger partial charge >= 0.3 is 0 Å². The Balaban J connectivity index is 1.17. The van der Waals surface area contributed by atoms with E-state index in [0.717, 1.165) is 49.7 Å². The molecule has 0 aromatic heterocycles. The molecule has 1 saturated heterocycles. The number of nitrogens with one attached hydrogen (secondary N) is 2. The maximum atomic E-state index is 5.56. The van der Waals surface area contributed by atoms with E-state index in [4.69, 9.17) is 12.2 Å². The first kappa shape index (κ1) is 18.1. The predicted molar refractivity (Wildman–Crippen MR) is 113 cm³/mol. The van der Waals surface area contributed by atoms with Crippen molar-refractivity contribution in [1.82, 2.24) is 15.5 Å². The third-order valence-electron chi connectivity index (χ3n) is 6.67. The first-order chi connectivity index (χ1) is 12.7.